The lowest BCUT2D eigenvalue weighted by atomic mass is 10.00. The first-order valence-corrected chi connectivity index (χ1v) is 19.3. The first kappa shape index (κ1) is 32.0. The molecule has 0 radical (unpaired) electrons. The van der Waals surface area contributed by atoms with Gasteiger partial charge in [-0.25, -0.2) is 0 Å². The smallest absolute Gasteiger partial charge is 0.0547 e. The van der Waals surface area contributed by atoms with E-state index in [1.165, 1.54) is 88.1 Å². The van der Waals surface area contributed by atoms with Gasteiger partial charge in [0.15, 0.2) is 0 Å². The van der Waals surface area contributed by atoms with E-state index in [0.29, 0.717) is 0 Å². The number of rotatable bonds is 6. The van der Waals surface area contributed by atoms with Gasteiger partial charge >= 0.3 is 0 Å². The van der Waals surface area contributed by atoms with E-state index in [0.717, 1.165) is 11.4 Å². The molecule has 0 fully saturated rings. The van der Waals surface area contributed by atoms with E-state index in [2.05, 4.69) is 228 Å². The number of fused-ring (bicyclic) bond motifs is 6. The van der Waals surface area contributed by atoms with Crippen molar-refractivity contribution >= 4 is 43.6 Å². The molecule has 0 atom stereocenters. The van der Waals surface area contributed by atoms with Crippen molar-refractivity contribution in [1.29, 1.82) is 0 Å². The molecule has 2 heteroatoms. The molecule has 11 aromatic rings. The van der Waals surface area contributed by atoms with E-state index in [4.69, 9.17) is 0 Å². The summed E-state index contributed by atoms with van der Waals surface area (Å²) in [5.74, 6) is 0. The van der Waals surface area contributed by atoms with Crippen LogP contribution in [0.5, 0.6) is 0 Å². The fourth-order valence-electron chi connectivity index (χ4n) is 8.60. The average molecular weight is 713 g/mol. The van der Waals surface area contributed by atoms with Crippen LogP contribution in [0.2, 0.25) is 0 Å². The highest BCUT2D eigenvalue weighted by Crippen LogP contribution is 2.39. The van der Waals surface area contributed by atoms with Crippen molar-refractivity contribution in [3.05, 3.63) is 218 Å². The molecule has 2 heterocycles. The Bertz CT molecular complexity index is 3200. The zero-order valence-corrected chi connectivity index (χ0v) is 30.7. The molecule has 0 saturated carbocycles. The molecule has 0 aliphatic carbocycles. The number of hydrogen-bond donors (Lipinski definition) is 0. The Labute approximate surface area is 325 Å². The van der Waals surface area contributed by atoms with Crippen molar-refractivity contribution < 1.29 is 0 Å². The molecule has 0 N–H and O–H groups in total. The molecule has 56 heavy (non-hydrogen) atoms. The van der Waals surface area contributed by atoms with Gasteiger partial charge < -0.3 is 9.13 Å². The third-order valence-electron chi connectivity index (χ3n) is 11.3. The molecule has 0 aliphatic rings. The lowest BCUT2D eigenvalue weighted by Crippen LogP contribution is -1.95. The molecule has 9 aromatic carbocycles. The molecule has 0 saturated heterocycles. The topological polar surface area (TPSA) is 9.86 Å². The highest BCUT2D eigenvalue weighted by Gasteiger charge is 2.17. The number of nitrogens with zero attached hydrogens (tertiary/aromatic N) is 2. The maximum Gasteiger partial charge on any atom is 0.0547 e. The van der Waals surface area contributed by atoms with Crippen LogP contribution in [0.1, 0.15) is 0 Å². The summed E-state index contributed by atoms with van der Waals surface area (Å²) in [6, 6.07) is 79.4. The van der Waals surface area contributed by atoms with Gasteiger partial charge in [-0.15, -0.1) is 0 Å². The summed E-state index contributed by atoms with van der Waals surface area (Å²) in [6.07, 6.45) is 0. The van der Waals surface area contributed by atoms with Crippen molar-refractivity contribution in [2.24, 2.45) is 0 Å². The van der Waals surface area contributed by atoms with E-state index >= 15 is 0 Å². The van der Waals surface area contributed by atoms with E-state index in [9.17, 15) is 0 Å². The maximum absolute atomic E-state index is 2.43. The van der Waals surface area contributed by atoms with Gasteiger partial charge in [0.1, 0.15) is 0 Å². The first-order chi connectivity index (χ1) is 27.8. The summed E-state index contributed by atoms with van der Waals surface area (Å²) in [5, 5.41) is 5.00. The van der Waals surface area contributed by atoms with Crippen LogP contribution in [0.3, 0.4) is 0 Å². The molecule has 2 nitrogen and oxygen atoms in total. The Morgan fingerprint density at radius 3 is 1.27 bits per heavy atom. The van der Waals surface area contributed by atoms with Crippen LogP contribution in [-0.2, 0) is 0 Å². The summed E-state index contributed by atoms with van der Waals surface area (Å²) >= 11 is 0. The third-order valence-corrected chi connectivity index (χ3v) is 11.3. The van der Waals surface area contributed by atoms with Gasteiger partial charge in [0.2, 0.25) is 0 Å². The molecular weight excluding hydrogens is 677 g/mol. The number of benzene rings is 9. The van der Waals surface area contributed by atoms with E-state index in [-0.39, 0.29) is 0 Å². The minimum atomic E-state index is 1.15. The Hall–Kier alpha value is -7.42. The van der Waals surface area contributed by atoms with Gasteiger partial charge in [0.25, 0.3) is 0 Å². The Morgan fingerprint density at radius 2 is 0.607 bits per heavy atom. The SMILES string of the molecule is c1ccc(-c2ccc(-c3cccc(-n4c5ccccc5c5ccc(-c6ccc7c(c6)c6ccccc6n7-c6ccc(-c7ccccc7)cc6)cc54)c3)cc2)cc1. The Balaban J connectivity index is 1.02. The minimum absolute atomic E-state index is 1.15. The zero-order valence-electron chi connectivity index (χ0n) is 30.7. The molecule has 0 bridgehead atoms. The number of para-hydroxylation sites is 2. The quantitative estimate of drug-likeness (QED) is 0.162. The Kier molecular flexibility index (Phi) is 7.53. The second kappa shape index (κ2) is 13.2. The molecule has 0 spiro atoms. The summed E-state index contributed by atoms with van der Waals surface area (Å²) in [5.41, 5.74) is 16.8. The van der Waals surface area contributed by atoms with Gasteiger partial charge in [0.05, 0.1) is 22.1 Å². The monoisotopic (exact) mass is 712 g/mol. The summed E-state index contributed by atoms with van der Waals surface area (Å²) in [6.45, 7) is 0. The third kappa shape index (κ3) is 5.34. The molecule has 2 aromatic heterocycles. The van der Waals surface area contributed by atoms with E-state index in [1.54, 1.807) is 0 Å². The van der Waals surface area contributed by atoms with Gasteiger partial charge in [0, 0.05) is 32.9 Å². The van der Waals surface area contributed by atoms with Crippen LogP contribution in [0.25, 0.3) is 99.5 Å². The second-order valence-corrected chi connectivity index (χ2v) is 14.6. The van der Waals surface area contributed by atoms with Gasteiger partial charge in [-0.2, -0.15) is 0 Å². The molecule has 0 amide bonds. The number of hydrogen-bond acceptors (Lipinski definition) is 0. The lowest BCUT2D eigenvalue weighted by molar-refractivity contribution is 1.18. The number of aromatic nitrogens is 2. The van der Waals surface area contributed by atoms with Crippen LogP contribution in [0.4, 0.5) is 0 Å². The summed E-state index contributed by atoms with van der Waals surface area (Å²) < 4.78 is 4.83. The molecule has 0 unspecified atom stereocenters. The first-order valence-electron chi connectivity index (χ1n) is 19.3. The normalized spacial score (nSPS) is 11.6. The van der Waals surface area contributed by atoms with E-state index < -0.39 is 0 Å². The summed E-state index contributed by atoms with van der Waals surface area (Å²) in [4.78, 5) is 0. The maximum atomic E-state index is 2.43. The molecule has 0 aliphatic heterocycles. The van der Waals surface area contributed by atoms with Gasteiger partial charge in [-0.1, -0.05) is 164 Å². The predicted octanol–water partition coefficient (Wildman–Crippen LogP) is 14.5. The summed E-state index contributed by atoms with van der Waals surface area (Å²) in [7, 11) is 0. The van der Waals surface area contributed by atoms with Gasteiger partial charge in [-0.3, -0.25) is 0 Å². The van der Waals surface area contributed by atoms with Crippen LogP contribution < -0.4 is 0 Å². The Morgan fingerprint density at radius 1 is 0.196 bits per heavy atom. The predicted molar refractivity (Wildman–Crippen MR) is 237 cm³/mol. The average Bonchev–Trinajstić information content (AvgIpc) is 3.79. The fourth-order valence-corrected chi connectivity index (χ4v) is 8.60. The zero-order chi connectivity index (χ0) is 37.0. The minimum Gasteiger partial charge on any atom is -0.309 e. The fraction of sp³-hybridized carbons (Fsp3) is 0. The molecular formula is C54H36N2. The van der Waals surface area contributed by atoms with Crippen LogP contribution >= 0.6 is 0 Å². The van der Waals surface area contributed by atoms with Crippen molar-refractivity contribution in [1.82, 2.24) is 9.13 Å². The van der Waals surface area contributed by atoms with Crippen LogP contribution in [-0.4, -0.2) is 9.13 Å². The molecule has 11 rings (SSSR count). The standard InChI is InChI=1S/C54H36N2/c1-3-12-37(13-4-1)39-22-24-41(25-23-39)42-16-11-17-46(34-42)56-51-20-9-7-18-47(51)49-32-28-44(36-54(49)56)43-29-33-53-50(35-43)48-19-8-10-21-52(48)55(53)45-30-26-40(27-31-45)38-14-5-2-6-15-38/h1-36H. The molecule has 262 valence electrons. The highest BCUT2D eigenvalue weighted by molar-refractivity contribution is 6.12. The van der Waals surface area contributed by atoms with Crippen molar-refractivity contribution in [3.63, 3.8) is 0 Å². The van der Waals surface area contributed by atoms with Gasteiger partial charge in [-0.05, 0) is 99.1 Å². The largest absolute Gasteiger partial charge is 0.309 e. The van der Waals surface area contributed by atoms with Crippen molar-refractivity contribution in [2.45, 2.75) is 0 Å². The highest BCUT2D eigenvalue weighted by atomic mass is 15.0. The van der Waals surface area contributed by atoms with Crippen molar-refractivity contribution in [3.8, 4) is 55.9 Å². The second-order valence-electron chi connectivity index (χ2n) is 14.6. The lowest BCUT2D eigenvalue weighted by Gasteiger charge is -2.12. The van der Waals surface area contributed by atoms with Crippen molar-refractivity contribution in [2.75, 3.05) is 0 Å². The van der Waals surface area contributed by atoms with Crippen LogP contribution in [0, 0.1) is 0 Å². The van der Waals surface area contributed by atoms with Crippen LogP contribution in [0.15, 0.2) is 218 Å². The van der Waals surface area contributed by atoms with E-state index in [1.807, 2.05) is 0 Å².